The summed E-state index contributed by atoms with van der Waals surface area (Å²) >= 11 is 0. The van der Waals surface area contributed by atoms with Gasteiger partial charge in [0.25, 0.3) is 11.8 Å². The Bertz CT molecular complexity index is 172. The molecule has 0 saturated carbocycles. The van der Waals surface area contributed by atoms with Gasteiger partial charge in [0.2, 0.25) is 0 Å². The lowest BCUT2D eigenvalue weighted by atomic mass is 10.2. The molecule has 1 aliphatic heterocycles. The van der Waals surface area contributed by atoms with Crippen molar-refractivity contribution in [1.29, 1.82) is 0 Å². The van der Waals surface area contributed by atoms with Crippen LogP contribution in [0.5, 0.6) is 0 Å². The number of rotatable bonds is 0. The maximum atomic E-state index is 10.9. The zero-order chi connectivity index (χ0) is 8.43. The number of hydrazine groups is 1. The molecule has 0 aromatic carbocycles. The Morgan fingerprint density at radius 1 is 1.00 bits per heavy atom. The maximum Gasteiger partial charge on any atom is 0.255 e. The Hall–Kier alpha value is -1.10. The predicted molar refractivity (Wildman–Crippen MR) is 38.3 cm³/mol. The van der Waals surface area contributed by atoms with Crippen LogP contribution >= 0.6 is 0 Å². The van der Waals surface area contributed by atoms with Crippen molar-refractivity contribution < 1.29 is 9.59 Å². The second kappa shape index (κ2) is 2.87. The Kier molecular flexibility index (Phi) is 2.09. The summed E-state index contributed by atoms with van der Waals surface area (Å²) < 4.78 is 0. The van der Waals surface area contributed by atoms with Crippen molar-refractivity contribution in [3.63, 3.8) is 0 Å². The fraction of sp³-hybridized carbons (Fsp3) is 0.667. The molecule has 1 saturated heterocycles. The number of hydrogen-bond acceptors (Lipinski definition) is 3. The van der Waals surface area contributed by atoms with Gasteiger partial charge < -0.3 is 0 Å². The SMILES string of the molecule is C[C@H]1N[C@H](C)C(=O)NNC1=O. The zero-order valence-electron chi connectivity index (χ0n) is 6.47. The summed E-state index contributed by atoms with van der Waals surface area (Å²) in [5.41, 5.74) is 4.55. The van der Waals surface area contributed by atoms with Crippen LogP contribution in [-0.4, -0.2) is 23.9 Å². The fourth-order valence-electron chi connectivity index (χ4n) is 0.866. The van der Waals surface area contributed by atoms with Crippen LogP contribution in [-0.2, 0) is 9.59 Å². The molecule has 0 aliphatic carbocycles. The topological polar surface area (TPSA) is 70.2 Å². The van der Waals surface area contributed by atoms with Crippen molar-refractivity contribution >= 4 is 11.8 Å². The van der Waals surface area contributed by atoms with Gasteiger partial charge >= 0.3 is 0 Å². The van der Waals surface area contributed by atoms with Gasteiger partial charge in [0.15, 0.2) is 0 Å². The van der Waals surface area contributed by atoms with E-state index in [0.29, 0.717) is 0 Å². The number of carbonyl (C=O) groups is 2. The van der Waals surface area contributed by atoms with Crippen LogP contribution < -0.4 is 16.2 Å². The van der Waals surface area contributed by atoms with Crippen molar-refractivity contribution in [1.82, 2.24) is 16.2 Å². The molecule has 62 valence electrons. The summed E-state index contributed by atoms with van der Waals surface area (Å²) in [5, 5.41) is 2.82. The van der Waals surface area contributed by atoms with Gasteiger partial charge in [-0.15, -0.1) is 0 Å². The molecule has 0 bridgehead atoms. The van der Waals surface area contributed by atoms with E-state index in [2.05, 4.69) is 16.2 Å². The van der Waals surface area contributed by atoms with Crippen LogP contribution in [0.15, 0.2) is 0 Å². The summed E-state index contributed by atoms with van der Waals surface area (Å²) in [6, 6.07) is -0.659. The summed E-state index contributed by atoms with van der Waals surface area (Å²) in [6.45, 7) is 3.40. The smallest absolute Gasteiger partial charge is 0.255 e. The first-order chi connectivity index (χ1) is 5.11. The maximum absolute atomic E-state index is 10.9. The quantitative estimate of drug-likeness (QED) is 0.401. The number of nitrogens with one attached hydrogen (secondary N) is 3. The van der Waals surface area contributed by atoms with Crippen LogP contribution in [0.2, 0.25) is 0 Å². The van der Waals surface area contributed by atoms with Gasteiger partial charge in [-0.3, -0.25) is 25.8 Å². The minimum absolute atomic E-state index is 0.220. The van der Waals surface area contributed by atoms with Crippen molar-refractivity contribution in [2.75, 3.05) is 0 Å². The molecular formula is C6H11N3O2. The van der Waals surface area contributed by atoms with E-state index in [1.807, 2.05) is 0 Å². The average Bonchev–Trinajstić information content (AvgIpc) is 2.05. The highest BCUT2D eigenvalue weighted by molar-refractivity contribution is 5.89. The summed E-state index contributed by atoms with van der Waals surface area (Å²) in [7, 11) is 0. The first kappa shape index (κ1) is 8.00. The van der Waals surface area contributed by atoms with Crippen molar-refractivity contribution in [3.05, 3.63) is 0 Å². The average molecular weight is 157 g/mol. The van der Waals surface area contributed by atoms with Gasteiger partial charge in [0, 0.05) is 0 Å². The number of hydrogen-bond donors (Lipinski definition) is 3. The number of carbonyl (C=O) groups excluding carboxylic acids is 2. The predicted octanol–water partition coefficient (Wildman–Crippen LogP) is -1.49. The first-order valence-corrected chi connectivity index (χ1v) is 3.47. The van der Waals surface area contributed by atoms with Gasteiger partial charge in [-0.1, -0.05) is 0 Å². The molecular weight excluding hydrogens is 146 g/mol. The summed E-state index contributed by atoms with van der Waals surface area (Å²) in [6.07, 6.45) is 0. The molecule has 1 heterocycles. The van der Waals surface area contributed by atoms with Gasteiger partial charge in [-0.05, 0) is 13.8 Å². The van der Waals surface area contributed by atoms with E-state index >= 15 is 0 Å². The zero-order valence-corrected chi connectivity index (χ0v) is 6.47. The molecule has 2 atom stereocenters. The molecule has 0 spiro atoms. The second-order valence-corrected chi connectivity index (χ2v) is 2.59. The Morgan fingerprint density at radius 3 is 1.73 bits per heavy atom. The molecule has 1 rings (SSSR count). The molecule has 0 radical (unpaired) electrons. The lowest BCUT2D eigenvalue weighted by molar-refractivity contribution is -0.127. The largest absolute Gasteiger partial charge is 0.295 e. The van der Waals surface area contributed by atoms with Gasteiger partial charge in [-0.25, -0.2) is 0 Å². The molecule has 1 aliphatic rings. The third-order valence-electron chi connectivity index (χ3n) is 1.60. The highest BCUT2D eigenvalue weighted by Crippen LogP contribution is 1.90. The molecule has 0 aromatic rings. The third-order valence-corrected chi connectivity index (χ3v) is 1.60. The van der Waals surface area contributed by atoms with E-state index in [0.717, 1.165) is 0 Å². The molecule has 1 fully saturated rings. The molecule has 2 amide bonds. The second-order valence-electron chi connectivity index (χ2n) is 2.59. The van der Waals surface area contributed by atoms with E-state index in [-0.39, 0.29) is 23.9 Å². The van der Waals surface area contributed by atoms with E-state index in [9.17, 15) is 9.59 Å². The highest BCUT2D eigenvalue weighted by Gasteiger charge is 2.23. The molecule has 5 nitrogen and oxygen atoms in total. The van der Waals surface area contributed by atoms with Crippen LogP contribution in [0.4, 0.5) is 0 Å². The molecule has 0 unspecified atom stereocenters. The standard InChI is InChI=1S/C6H11N3O2/c1-3-5(10)8-9-6(11)4(2)7-3/h3-4,7H,1-2H3,(H,8,10)(H,9,11)/t3-,4-/m1/s1. The van der Waals surface area contributed by atoms with Crippen molar-refractivity contribution in [2.45, 2.75) is 25.9 Å². The minimum Gasteiger partial charge on any atom is -0.295 e. The van der Waals surface area contributed by atoms with Crippen molar-refractivity contribution in [3.8, 4) is 0 Å². The lowest BCUT2D eigenvalue weighted by Crippen LogP contribution is -2.43. The third kappa shape index (κ3) is 1.68. The first-order valence-electron chi connectivity index (χ1n) is 3.47. The number of amides is 2. The lowest BCUT2D eigenvalue weighted by Gasteiger charge is -2.09. The van der Waals surface area contributed by atoms with E-state index in [1.54, 1.807) is 13.8 Å². The van der Waals surface area contributed by atoms with Gasteiger partial charge in [-0.2, -0.15) is 0 Å². The normalized spacial score (nSPS) is 32.2. The Balaban J connectivity index is 2.66. The Morgan fingerprint density at radius 2 is 1.36 bits per heavy atom. The molecule has 11 heavy (non-hydrogen) atoms. The monoisotopic (exact) mass is 157 g/mol. The van der Waals surface area contributed by atoms with Gasteiger partial charge in [0.05, 0.1) is 12.1 Å². The Labute approximate surface area is 64.5 Å². The van der Waals surface area contributed by atoms with Crippen LogP contribution in [0, 0.1) is 0 Å². The van der Waals surface area contributed by atoms with E-state index < -0.39 is 0 Å². The highest BCUT2D eigenvalue weighted by atomic mass is 16.2. The van der Waals surface area contributed by atoms with Gasteiger partial charge in [0.1, 0.15) is 0 Å². The van der Waals surface area contributed by atoms with Crippen LogP contribution in [0.25, 0.3) is 0 Å². The fourth-order valence-corrected chi connectivity index (χ4v) is 0.866. The van der Waals surface area contributed by atoms with Crippen LogP contribution in [0.3, 0.4) is 0 Å². The summed E-state index contributed by atoms with van der Waals surface area (Å²) in [5.74, 6) is -0.439. The minimum atomic E-state index is -0.330. The van der Waals surface area contributed by atoms with Crippen molar-refractivity contribution in [2.24, 2.45) is 0 Å². The molecule has 5 heteroatoms. The van der Waals surface area contributed by atoms with E-state index in [4.69, 9.17) is 0 Å². The van der Waals surface area contributed by atoms with Crippen LogP contribution in [0.1, 0.15) is 13.8 Å². The summed E-state index contributed by atoms with van der Waals surface area (Å²) in [4.78, 5) is 21.8. The molecule has 3 N–H and O–H groups in total. The van der Waals surface area contributed by atoms with E-state index in [1.165, 1.54) is 0 Å². The molecule has 0 aromatic heterocycles.